The van der Waals surface area contributed by atoms with Crippen LogP contribution < -0.4 is 5.32 Å². The number of hydrogen-bond donors (Lipinski definition) is 1. The standard InChI is InChI=1S/C10H14N2S/c1-6-4-7(6)10-12-8-2-3-11-5-9(8)13-10/h6-7,11H,2-5H2,1H3. The molecule has 1 aromatic heterocycles. The summed E-state index contributed by atoms with van der Waals surface area (Å²) < 4.78 is 0. The number of fused-ring (bicyclic) bond motifs is 1. The largest absolute Gasteiger partial charge is 0.311 e. The molecule has 1 aliphatic heterocycles. The van der Waals surface area contributed by atoms with Crippen LogP contribution in [-0.2, 0) is 13.0 Å². The van der Waals surface area contributed by atoms with Gasteiger partial charge in [0.05, 0.1) is 10.7 Å². The molecular formula is C10H14N2S. The first-order valence-electron chi connectivity index (χ1n) is 5.04. The number of thiazole rings is 1. The van der Waals surface area contributed by atoms with Crippen LogP contribution in [0.25, 0.3) is 0 Å². The van der Waals surface area contributed by atoms with Gasteiger partial charge >= 0.3 is 0 Å². The summed E-state index contributed by atoms with van der Waals surface area (Å²) in [7, 11) is 0. The average molecular weight is 194 g/mol. The topological polar surface area (TPSA) is 24.9 Å². The summed E-state index contributed by atoms with van der Waals surface area (Å²) >= 11 is 1.94. The highest BCUT2D eigenvalue weighted by Crippen LogP contribution is 2.48. The van der Waals surface area contributed by atoms with Crippen molar-refractivity contribution in [1.82, 2.24) is 10.3 Å². The second-order valence-electron chi connectivity index (χ2n) is 4.17. The van der Waals surface area contributed by atoms with E-state index in [1.807, 2.05) is 11.3 Å². The molecule has 3 rings (SSSR count). The molecule has 1 aliphatic carbocycles. The Bertz CT molecular complexity index is 308. The molecule has 2 unspecified atom stereocenters. The number of aromatic nitrogens is 1. The van der Waals surface area contributed by atoms with E-state index in [0.717, 1.165) is 31.3 Å². The maximum atomic E-state index is 4.74. The van der Waals surface area contributed by atoms with E-state index in [4.69, 9.17) is 4.98 Å². The van der Waals surface area contributed by atoms with Crippen molar-refractivity contribution in [2.75, 3.05) is 6.54 Å². The van der Waals surface area contributed by atoms with Gasteiger partial charge in [-0.2, -0.15) is 0 Å². The monoisotopic (exact) mass is 194 g/mol. The van der Waals surface area contributed by atoms with Gasteiger partial charge in [0.1, 0.15) is 0 Å². The Hall–Kier alpha value is -0.410. The van der Waals surface area contributed by atoms with Crippen molar-refractivity contribution in [1.29, 1.82) is 0 Å². The molecule has 0 saturated heterocycles. The molecule has 0 aromatic carbocycles. The lowest BCUT2D eigenvalue weighted by molar-refractivity contribution is 0.642. The van der Waals surface area contributed by atoms with E-state index in [-0.39, 0.29) is 0 Å². The maximum Gasteiger partial charge on any atom is 0.0965 e. The molecule has 0 spiro atoms. The Balaban J connectivity index is 1.91. The minimum Gasteiger partial charge on any atom is -0.311 e. The summed E-state index contributed by atoms with van der Waals surface area (Å²) in [5.41, 5.74) is 1.37. The highest BCUT2D eigenvalue weighted by atomic mass is 32.1. The van der Waals surface area contributed by atoms with Crippen molar-refractivity contribution in [2.45, 2.75) is 32.2 Å². The summed E-state index contributed by atoms with van der Waals surface area (Å²) in [4.78, 5) is 6.23. The van der Waals surface area contributed by atoms with Gasteiger partial charge in [-0.3, -0.25) is 0 Å². The molecule has 2 heterocycles. The highest BCUT2D eigenvalue weighted by molar-refractivity contribution is 7.11. The Labute approximate surface area is 82.4 Å². The van der Waals surface area contributed by atoms with Gasteiger partial charge in [-0.25, -0.2) is 4.98 Å². The fourth-order valence-corrected chi connectivity index (χ4v) is 3.30. The fraction of sp³-hybridized carbons (Fsp3) is 0.700. The number of hydrogen-bond acceptors (Lipinski definition) is 3. The van der Waals surface area contributed by atoms with E-state index in [2.05, 4.69) is 12.2 Å². The Morgan fingerprint density at radius 3 is 3.08 bits per heavy atom. The zero-order chi connectivity index (χ0) is 8.84. The highest BCUT2D eigenvalue weighted by Gasteiger charge is 2.37. The van der Waals surface area contributed by atoms with Crippen LogP contribution in [0, 0.1) is 5.92 Å². The predicted octanol–water partition coefficient (Wildman–Crippen LogP) is 1.91. The summed E-state index contributed by atoms with van der Waals surface area (Å²) in [5, 5.41) is 4.80. The Kier molecular flexibility index (Phi) is 1.70. The van der Waals surface area contributed by atoms with Crippen LogP contribution in [0.5, 0.6) is 0 Å². The molecule has 3 heteroatoms. The van der Waals surface area contributed by atoms with Crippen LogP contribution >= 0.6 is 11.3 Å². The minimum atomic E-state index is 0.801. The second kappa shape index (κ2) is 2.79. The van der Waals surface area contributed by atoms with Crippen LogP contribution in [0.2, 0.25) is 0 Å². The van der Waals surface area contributed by atoms with Gasteiger partial charge in [0, 0.05) is 30.3 Å². The molecule has 2 nitrogen and oxygen atoms in total. The van der Waals surface area contributed by atoms with Crippen molar-refractivity contribution in [3.63, 3.8) is 0 Å². The minimum absolute atomic E-state index is 0.801. The van der Waals surface area contributed by atoms with Crippen LogP contribution in [0.4, 0.5) is 0 Å². The molecule has 0 amide bonds. The van der Waals surface area contributed by atoms with Gasteiger partial charge in [-0.15, -0.1) is 11.3 Å². The molecule has 2 aliphatic rings. The summed E-state index contributed by atoms with van der Waals surface area (Å²) in [5.74, 6) is 1.69. The van der Waals surface area contributed by atoms with Crippen molar-refractivity contribution >= 4 is 11.3 Å². The molecular weight excluding hydrogens is 180 g/mol. The van der Waals surface area contributed by atoms with E-state index in [1.165, 1.54) is 22.0 Å². The zero-order valence-corrected chi connectivity index (χ0v) is 8.66. The van der Waals surface area contributed by atoms with Crippen molar-refractivity contribution in [2.24, 2.45) is 5.92 Å². The Morgan fingerprint density at radius 2 is 2.38 bits per heavy atom. The number of nitrogens with zero attached hydrogens (tertiary/aromatic N) is 1. The summed E-state index contributed by atoms with van der Waals surface area (Å²) in [6.07, 6.45) is 2.49. The van der Waals surface area contributed by atoms with E-state index in [1.54, 1.807) is 0 Å². The lowest BCUT2D eigenvalue weighted by Gasteiger charge is -2.09. The Morgan fingerprint density at radius 1 is 1.54 bits per heavy atom. The first-order valence-corrected chi connectivity index (χ1v) is 5.85. The quantitative estimate of drug-likeness (QED) is 0.738. The van der Waals surface area contributed by atoms with Gasteiger partial charge in [0.25, 0.3) is 0 Å². The molecule has 70 valence electrons. The van der Waals surface area contributed by atoms with Gasteiger partial charge in [-0.1, -0.05) is 6.92 Å². The smallest absolute Gasteiger partial charge is 0.0965 e. The molecule has 2 atom stereocenters. The van der Waals surface area contributed by atoms with Crippen molar-refractivity contribution in [3.8, 4) is 0 Å². The molecule has 0 radical (unpaired) electrons. The number of nitrogens with one attached hydrogen (secondary N) is 1. The lowest BCUT2D eigenvalue weighted by Crippen LogP contribution is -2.22. The fourth-order valence-electron chi connectivity index (χ4n) is 1.97. The summed E-state index contributed by atoms with van der Waals surface area (Å²) in [6, 6.07) is 0. The van der Waals surface area contributed by atoms with Crippen LogP contribution in [0.1, 0.15) is 34.8 Å². The van der Waals surface area contributed by atoms with Gasteiger partial charge in [0.15, 0.2) is 0 Å². The van der Waals surface area contributed by atoms with Gasteiger partial charge in [-0.05, 0) is 12.3 Å². The van der Waals surface area contributed by atoms with Gasteiger partial charge < -0.3 is 5.32 Å². The molecule has 13 heavy (non-hydrogen) atoms. The van der Waals surface area contributed by atoms with E-state index in [9.17, 15) is 0 Å². The molecule has 1 saturated carbocycles. The molecule has 1 N–H and O–H groups in total. The first-order chi connectivity index (χ1) is 6.34. The first kappa shape index (κ1) is 7.94. The third-order valence-electron chi connectivity index (χ3n) is 3.05. The van der Waals surface area contributed by atoms with Crippen molar-refractivity contribution < 1.29 is 0 Å². The zero-order valence-electron chi connectivity index (χ0n) is 7.84. The predicted molar refractivity (Wildman–Crippen MR) is 54.0 cm³/mol. The normalized spacial score (nSPS) is 31.5. The van der Waals surface area contributed by atoms with Crippen LogP contribution in [-0.4, -0.2) is 11.5 Å². The SMILES string of the molecule is CC1CC1c1nc2c(s1)CNCC2. The van der Waals surface area contributed by atoms with Crippen LogP contribution in [0.15, 0.2) is 0 Å². The van der Waals surface area contributed by atoms with Crippen LogP contribution in [0.3, 0.4) is 0 Å². The second-order valence-corrected chi connectivity index (χ2v) is 5.28. The van der Waals surface area contributed by atoms with E-state index >= 15 is 0 Å². The maximum absolute atomic E-state index is 4.74. The molecule has 1 fully saturated rings. The molecule has 0 bridgehead atoms. The van der Waals surface area contributed by atoms with Crippen molar-refractivity contribution in [3.05, 3.63) is 15.6 Å². The third kappa shape index (κ3) is 1.30. The van der Waals surface area contributed by atoms with E-state index in [0.29, 0.717) is 0 Å². The lowest BCUT2D eigenvalue weighted by atomic mass is 10.2. The number of rotatable bonds is 1. The summed E-state index contributed by atoms with van der Waals surface area (Å²) in [6.45, 7) is 4.48. The molecule has 1 aromatic rings. The third-order valence-corrected chi connectivity index (χ3v) is 4.28. The van der Waals surface area contributed by atoms with E-state index < -0.39 is 0 Å². The average Bonchev–Trinajstić information content (AvgIpc) is 2.74. The van der Waals surface area contributed by atoms with Gasteiger partial charge in [0.2, 0.25) is 0 Å².